The van der Waals surface area contributed by atoms with Gasteiger partial charge >= 0.3 is 0 Å². The van der Waals surface area contributed by atoms with Crippen LogP contribution in [0.15, 0.2) is 36.7 Å². The maximum Gasteiger partial charge on any atom is 0.265 e. The Balaban J connectivity index is 1.98. The highest BCUT2D eigenvalue weighted by atomic mass is 16.5. The first-order valence-electron chi connectivity index (χ1n) is 7.26. The van der Waals surface area contributed by atoms with E-state index in [0.29, 0.717) is 17.4 Å². The molecule has 3 rings (SSSR count). The second kappa shape index (κ2) is 6.08. The lowest BCUT2D eigenvalue weighted by molar-refractivity contribution is 0.411. The summed E-state index contributed by atoms with van der Waals surface area (Å²) >= 11 is 0. The van der Waals surface area contributed by atoms with Gasteiger partial charge in [0.05, 0.1) is 12.8 Å². The summed E-state index contributed by atoms with van der Waals surface area (Å²) in [6, 6.07) is 7.31. The van der Waals surface area contributed by atoms with Gasteiger partial charge in [0.15, 0.2) is 0 Å². The van der Waals surface area contributed by atoms with Gasteiger partial charge in [-0.15, -0.1) is 0 Å². The van der Waals surface area contributed by atoms with Crippen molar-refractivity contribution in [3.63, 3.8) is 0 Å². The summed E-state index contributed by atoms with van der Waals surface area (Å²) < 4.78 is 12.8. The second-order valence-electron chi connectivity index (χ2n) is 5.17. The highest BCUT2D eigenvalue weighted by Crippen LogP contribution is 2.27. The van der Waals surface area contributed by atoms with Gasteiger partial charge in [0.25, 0.3) is 5.88 Å². The van der Waals surface area contributed by atoms with Crippen molar-refractivity contribution in [2.75, 3.05) is 7.11 Å². The molecule has 0 aliphatic rings. The van der Waals surface area contributed by atoms with Gasteiger partial charge in [-0.3, -0.25) is 0 Å². The van der Waals surface area contributed by atoms with E-state index in [9.17, 15) is 0 Å². The van der Waals surface area contributed by atoms with E-state index >= 15 is 0 Å². The average molecular weight is 310 g/mol. The van der Waals surface area contributed by atoms with E-state index in [2.05, 4.69) is 15.1 Å². The number of rotatable bonds is 4. The summed E-state index contributed by atoms with van der Waals surface area (Å²) in [6.45, 7) is 6.01. The second-order valence-corrected chi connectivity index (χ2v) is 5.17. The molecule has 0 aliphatic heterocycles. The maximum absolute atomic E-state index is 5.88. The number of benzene rings is 1. The molecule has 0 atom stereocenters. The Bertz CT molecular complexity index is 825. The fraction of sp³-hybridized carbons (Fsp3) is 0.235. The van der Waals surface area contributed by atoms with Crippen LogP contribution in [0, 0.1) is 20.8 Å². The van der Waals surface area contributed by atoms with E-state index in [1.807, 2.05) is 45.0 Å². The topological polar surface area (TPSA) is 62.1 Å². The van der Waals surface area contributed by atoms with Crippen LogP contribution in [0.4, 0.5) is 0 Å². The molecule has 0 saturated carbocycles. The Hall–Kier alpha value is -2.89. The van der Waals surface area contributed by atoms with Crippen molar-refractivity contribution in [2.45, 2.75) is 20.8 Å². The smallest absolute Gasteiger partial charge is 0.265 e. The van der Waals surface area contributed by atoms with Gasteiger partial charge in [0.1, 0.15) is 11.5 Å². The van der Waals surface area contributed by atoms with E-state index in [0.717, 1.165) is 22.7 Å². The molecular weight excluding hydrogens is 292 g/mol. The first-order valence-corrected chi connectivity index (χ1v) is 7.26. The molecule has 0 radical (unpaired) electrons. The summed E-state index contributed by atoms with van der Waals surface area (Å²) in [4.78, 5) is 8.68. The molecule has 0 amide bonds. The van der Waals surface area contributed by atoms with Crippen molar-refractivity contribution in [3.8, 4) is 23.2 Å². The van der Waals surface area contributed by atoms with E-state index in [1.165, 1.54) is 0 Å². The van der Waals surface area contributed by atoms with E-state index < -0.39 is 0 Å². The monoisotopic (exact) mass is 310 g/mol. The third-order valence-electron chi connectivity index (χ3n) is 3.77. The third kappa shape index (κ3) is 2.88. The van der Waals surface area contributed by atoms with Gasteiger partial charge in [-0.25, -0.2) is 14.6 Å². The van der Waals surface area contributed by atoms with Crippen LogP contribution in [0.5, 0.6) is 17.4 Å². The zero-order valence-electron chi connectivity index (χ0n) is 13.6. The van der Waals surface area contributed by atoms with Crippen molar-refractivity contribution in [3.05, 3.63) is 53.6 Å². The van der Waals surface area contributed by atoms with Crippen LogP contribution in [0.2, 0.25) is 0 Å². The van der Waals surface area contributed by atoms with Crippen LogP contribution in [-0.4, -0.2) is 26.9 Å². The van der Waals surface area contributed by atoms with Crippen molar-refractivity contribution < 1.29 is 9.47 Å². The molecule has 1 aromatic carbocycles. The van der Waals surface area contributed by atoms with Crippen molar-refractivity contribution in [2.24, 2.45) is 0 Å². The molecule has 3 aromatic rings. The summed E-state index contributed by atoms with van der Waals surface area (Å²) in [5, 5.41) is 4.52. The van der Waals surface area contributed by atoms with Crippen molar-refractivity contribution in [1.82, 2.24) is 19.7 Å². The van der Waals surface area contributed by atoms with Crippen molar-refractivity contribution in [1.29, 1.82) is 0 Å². The predicted molar refractivity (Wildman–Crippen MR) is 86.4 cm³/mol. The van der Waals surface area contributed by atoms with Gasteiger partial charge in [-0.05, 0) is 50.6 Å². The molecule has 2 aromatic heterocycles. The molecule has 0 fully saturated rings. The molecule has 118 valence electrons. The fourth-order valence-electron chi connectivity index (χ4n) is 2.22. The molecule has 6 heteroatoms. The van der Waals surface area contributed by atoms with E-state index in [-0.39, 0.29) is 0 Å². The SMILES string of the molecule is COc1ccc(Oc2nccnc2-n2nc(C)c(C)c2C)cc1. The Labute approximate surface area is 134 Å². The molecular formula is C17H18N4O2. The highest BCUT2D eigenvalue weighted by Gasteiger charge is 2.16. The number of aryl methyl sites for hydroxylation is 1. The normalized spacial score (nSPS) is 10.6. The Morgan fingerprint density at radius 2 is 1.57 bits per heavy atom. The van der Waals surface area contributed by atoms with Crippen LogP contribution in [0.25, 0.3) is 5.82 Å². The fourth-order valence-corrected chi connectivity index (χ4v) is 2.22. The number of methoxy groups -OCH3 is 1. The van der Waals surface area contributed by atoms with Gasteiger partial charge < -0.3 is 9.47 Å². The molecule has 0 saturated heterocycles. The number of ether oxygens (including phenoxy) is 2. The average Bonchev–Trinajstić information content (AvgIpc) is 2.83. The lowest BCUT2D eigenvalue weighted by Crippen LogP contribution is -2.05. The minimum absolute atomic E-state index is 0.406. The first kappa shape index (κ1) is 15.0. The minimum Gasteiger partial charge on any atom is -0.497 e. The first-order chi connectivity index (χ1) is 11.1. The Morgan fingerprint density at radius 1 is 0.913 bits per heavy atom. The van der Waals surface area contributed by atoms with E-state index in [4.69, 9.17) is 9.47 Å². The van der Waals surface area contributed by atoms with Gasteiger partial charge in [0.2, 0.25) is 5.82 Å². The molecule has 0 N–H and O–H groups in total. The molecule has 0 spiro atoms. The van der Waals surface area contributed by atoms with Gasteiger partial charge in [-0.1, -0.05) is 0 Å². The number of hydrogen-bond acceptors (Lipinski definition) is 5. The predicted octanol–water partition coefficient (Wildman–Crippen LogP) is 3.39. The number of aromatic nitrogens is 4. The lowest BCUT2D eigenvalue weighted by Gasteiger charge is -2.10. The maximum atomic E-state index is 5.88. The standard InChI is InChI=1S/C17H18N4O2/c1-11-12(2)20-21(13(11)3)16-17(19-10-9-18-16)23-15-7-5-14(22-4)6-8-15/h5-10H,1-4H3. The summed E-state index contributed by atoms with van der Waals surface area (Å²) in [6.07, 6.45) is 3.23. The van der Waals surface area contributed by atoms with Crippen molar-refractivity contribution >= 4 is 0 Å². The highest BCUT2D eigenvalue weighted by molar-refractivity contribution is 5.41. The lowest BCUT2D eigenvalue weighted by atomic mass is 10.2. The van der Waals surface area contributed by atoms with Crippen LogP contribution in [-0.2, 0) is 0 Å². The van der Waals surface area contributed by atoms with Crippen LogP contribution < -0.4 is 9.47 Å². The Morgan fingerprint density at radius 3 is 2.17 bits per heavy atom. The minimum atomic E-state index is 0.406. The Kier molecular flexibility index (Phi) is 3.97. The number of hydrogen-bond donors (Lipinski definition) is 0. The zero-order chi connectivity index (χ0) is 16.4. The summed E-state index contributed by atoms with van der Waals surface area (Å²) in [5.74, 6) is 2.40. The largest absolute Gasteiger partial charge is 0.497 e. The van der Waals surface area contributed by atoms with Crippen LogP contribution >= 0.6 is 0 Å². The molecule has 0 bridgehead atoms. The molecule has 0 aliphatic carbocycles. The van der Waals surface area contributed by atoms with Gasteiger partial charge in [-0.2, -0.15) is 5.10 Å². The van der Waals surface area contributed by atoms with E-state index in [1.54, 1.807) is 24.2 Å². The number of nitrogens with zero attached hydrogens (tertiary/aromatic N) is 4. The van der Waals surface area contributed by atoms with Crippen LogP contribution in [0.1, 0.15) is 17.0 Å². The van der Waals surface area contributed by atoms with Gasteiger partial charge in [0, 0.05) is 18.1 Å². The molecule has 0 unspecified atom stereocenters. The molecule has 6 nitrogen and oxygen atoms in total. The quantitative estimate of drug-likeness (QED) is 0.739. The third-order valence-corrected chi connectivity index (χ3v) is 3.77. The summed E-state index contributed by atoms with van der Waals surface area (Å²) in [5.41, 5.74) is 3.11. The molecule has 23 heavy (non-hydrogen) atoms. The molecule has 2 heterocycles. The zero-order valence-corrected chi connectivity index (χ0v) is 13.6. The summed E-state index contributed by atoms with van der Waals surface area (Å²) in [7, 11) is 1.63. The van der Waals surface area contributed by atoms with Crippen LogP contribution in [0.3, 0.4) is 0 Å².